The van der Waals surface area contributed by atoms with Gasteiger partial charge < -0.3 is 10.2 Å². The van der Waals surface area contributed by atoms with E-state index >= 15 is 0 Å². The van der Waals surface area contributed by atoms with Gasteiger partial charge in [-0.2, -0.15) is 0 Å². The summed E-state index contributed by atoms with van der Waals surface area (Å²) in [5.41, 5.74) is 3.48. The third-order valence-corrected chi connectivity index (χ3v) is 3.44. The summed E-state index contributed by atoms with van der Waals surface area (Å²) in [5, 5.41) is 3.32. The van der Waals surface area contributed by atoms with Crippen molar-refractivity contribution in [2.45, 2.75) is 19.4 Å². The molecule has 1 amide bonds. The predicted octanol–water partition coefficient (Wildman–Crippen LogP) is 3.17. The number of nitrogens with one attached hydrogen (secondary N) is 1. The molecule has 0 bridgehead atoms. The SMILES string of the molecule is CC(Nc1ccccc1Cc1ccccc1)C(=O)N(C)C. The zero-order chi connectivity index (χ0) is 15.2. The van der Waals surface area contributed by atoms with Crippen molar-refractivity contribution >= 4 is 11.6 Å². The zero-order valence-electron chi connectivity index (χ0n) is 12.8. The van der Waals surface area contributed by atoms with Gasteiger partial charge in [0.25, 0.3) is 0 Å². The molecule has 21 heavy (non-hydrogen) atoms. The van der Waals surface area contributed by atoms with Crippen LogP contribution in [0, 0.1) is 0 Å². The lowest BCUT2D eigenvalue weighted by Crippen LogP contribution is -2.36. The van der Waals surface area contributed by atoms with E-state index in [4.69, 9.17) is 0 Å². The normalized spacial score (nSPS) is 11.8. The highest BCUT2D eigenvalue weighted by atomic mass is 16.2. The molecule has 0 aromatic heterocycles. The third kappa shape index (κ3) is 4.09. The number of anilines is 1. The lowest BCUT2D eigenvalue weighted by molar-refractivity contribution is -0.129. The largest absolute Gasteiger partial charge is 0.374 e. The summed E-state index contributed by atoms with van der Waals surface area (Å²) in [4.78, 5) is 13.6. The highest BCUT2D eigenvalue weighted by molar-refractivity contribution is 5.84. The number of carbonyl (C=O) groups excluding carboxylic acids is 1. The van der Waals surface area contributed by atoms with E-state index in [1.165, 1.54) is 11.1 Å². The lowest BCUT2D eigenvalue weighted by Gasteiger charge is -2.20. The van der Waals surface area contributed by atoms with E-state index in [2.05, 4.69) is 23.5 Å². The van der Waals surface area contributed by atoms with Gasteiger partial charge in [0, 0.05) is 19.8 Å². The van der Waals surface area contributed by atoms with Crippen molar-refractivity contribution in [2.24, 2.45) is 0 Å². The van der Waals surface area contributed by atoms with Crippen molar-refractivity contribution in [3.05, 3.63) is 65.7 Å². The van der Waals surface area contributed by atoms with Crippen molar-refractivity contribution in [1.82, 2.24) is 4.90 Å². The standard InChI is InChI=1S/C18H22N2O/c1-14(18(21)20(2)3)19-17-12-8-7-11-16(17)13-15-9-5-4-6-10-15/h4-12,14,19H,13H2,1-3H3. The van der Waals surface area contributed by atoms with E-state index in [-0.39, 0.29) is 11.9 Å². The Kier molecular flexibility index (Phi) is 4.99. The fourth-order valence-electron chi connectivity index (χ4n) is 2.31. The maximum absolute atomic E-state index is 12.0. The molecule has 2 rings (SSSR count). The molecular weight excluding hydrogens is 260 g/mol. The summed E-state index contributed by atoms with van der Waals surface area (Å²) in [6.45, 7) is 1.89. The minimum absolute atomic E-state index is 0.0736. The van der Waals surface area contributed by atoms with Gasteiger partial charge in [-0.3, -0.25) is 4.79 Å². The minimum atomic E-state index is -0.239. The number of amides is 1. The van der Waals surface area contributed by atoms with Crippen LogP contribution in [0.2, 0.25) is 0 Å². The molecule has 1 N–H and O–H groups in total. The van der Waals surface area contributed by atoms with Crippen LogP contribution in [0.1, 0.15) is 18.1 Å². The van der Waals surface area contributed by atoms with Gasteiger partial charge in [-0.05, 0) is 30.5 Å². The highest BCUT2D eigenvalue weighted by Crippen LogP contribution is 2.20. The Morgan fingerprint density at radius 1 is 1.05 bits per heavy atom. The first-order valence-corrected chi connectivity index (χ1v) is 7.17. The minimum Gasteiger partial charge on any atom is -0.374 e. The fourth-order valence-corrected chi connectivity index (χ4v) is 2.31. The summed E-state index contributed by atoms with van der Waals surface area (Å²) >= 11 is 0. The number of benzene rings is 2. The van der Waals surface area contributed by atoms with E-state index in [1.54, 1.807) is 19.0 Å². The van der Waals surface area contributed by atoms with Gasteiger partial charge in [-0.15, -0.1) is 0 Å². The quantitative estimate of drug-likeness (QED) is 0.913. The molecule has 0 aliphatic rings. The molecule has 2 aromatic carbocycles. The van der Waals surface area contributed by atoms with Crippen LogP contribution in [-0.2, 0) is 11.2 Å². The summed E-state index contributed by atoms with van der Waals surface area (Å²) in [6.07, 6.45) is 0.854. The molecule has 3 nitrogen and oxygen atoms in total. The molecule has 0 saturated carbocycles. The number of hydrogen-bond acceptors (Lipinski definition) is 2. The van der Waals surface area contributed by atoms with Gasteiger partial charge >= 0.3 is 0 Å². The monoisotopic (exact) mass is 282 g/mol. The zero-order valence-corrected chi connectivity index (χ0v) is 12.8. The molecule has 0 aliphatic carbocycles. The third-order valence-electron chi connectivity index (χ3n) is 3.44. The van der Waals surface area contributed by atoms with E-state index in [0.717, 1.165) is 12.1 Å². The molecule has 0 heterocycles. The van der Waals surface area contributed by atoms with Crippen LogP contribution in [-0.4, -0.2) is 30.9 Å². The Morgan fingerprint density at radius 3 is 2.33 bits per heavy atom. The number of likely N-dealkylation sites (N-methyl/N-ethyl adjacent to an activating group) is 1. The molecule has 1 atom stereocenters. The smallest absolute Gasteiger partial charge is 0.244 e. The lowest BCUT2D eigenvalue weighted by atomic mass is 10.0. The van der Waals surface area contributed by atoms with Crippen molar-refractivity contribution < 1.29 is 4.79 Å². The van der Waals surface area contributed by atoms with Gasteiger partial charge in [0.2, 0.25) is 5.91 Å². The first kappa shape index (κ1) is 15.1. The van der Waals surface area contributed by atoms with E-state index < -0.39 is 0 Å². The van der Waals surface area contributed by atoms with Gasteiger partial charge in [-0.1, -0.05) is 48.5 Å². The molecule has 110 valence electrons. The second kappa shape index (κ2) is 6.93. The predicted molar refractivity (Wildman–Crippen MR) is 87.5 cm³/mol. The second-order valence-electron chi connectivity index (χ2n) is 5.42. The van der Waals surface area contributed by atoms with Crippen LogP contribution < -0.4 is 5.32 Å². The van der Waals surface area contributed by atoms with Crippen molar-refractivity contribution in [3.8, 4) is 0 Å². The Bertz CT molecular complexity index is 593. The molecule has 0 spiro atoms. The van der Waals surface area contributed by atoms with E-state index in [9.17, 15) is 4.79 Å². The first-order valence-electron chi connectivity index (χ1n) is 7.17. The van der Waals surface area contributed by atoms with Crippen LogP contribution in [0.15, 0.2) is 54.6 Å². The summed E-state index contributed by atoms with van der Waals surface area (Å²) in [5.74, 6) is 0.0736. The number of nitrogens with zero attached hydrogens (tertiary/aromatic N) is 1. The van der Waals surface area contributed by atoms with E-state index in [0.29, 0.717) is 0 Å². The van der Waals surface area contributed by atoms with Gasteiger partial charge in [0.15, 0.2) is 0 Å². The Labute approximate surface area is 126 Å². The van der Waals surface area contributed by atoms with Crippen molar-refractivity contribution in [2.75, 3.05) is 19.4 Å². The van der Waals surface area contributed by atoms with Crippen LogP contribution in [0.25, 0.3) is 0 Å². The Morgan fingerprint density at radius 2 is 1.67 bits per heavy atom. The highest BCUT2D eigenvalue weighted by Gasteiger charge is 2.15. The van der Waals surface area contributed by atoms with Crippen LogP contribution in [0.4, 0.5) is 5.69 Å². The Hall–Kier alpha value is -2.29. The first-order chi connectivity index (χ1) is 10.1. The maximum Gasteiger partial charge on any atom is 0.244 e. The number of rotatable bonds is 5. The van der Waals surface area contributed by atoms with Gasteiger partial charge in [0.05, 0.1) is 0 Å². The summed E-state index contributed by atoms with van der Waals surface area (Å²) < 4.78 is 0. The molecule has 0 radical (unpaired) electrons. The average molecular weight is 282 g/mol. The van der Waals surface area contributed by atoms with Crippen LogP contribution >= 0.6 is 0 Å². The molecule has 3 heteroatoms. The molecular formula is C18H22N2O. The molecule has 0 fully saturated rings. The molecule has 0 saturated heterocycles. The molecule has 0 aliphatic heterocycles. The van der Waals surface area contributed by atoms with Gasteiger partial charge in [0.1, 0.15) is 6.04 Å². The summed E-state index contributed by atoms with van der Waals surface area (Å²) in [6, 6.07) is 18.2. The van der Waals surface area contributed by atoms with Crippen LogP contribution in [0.3, 0.4) is 0 Å². The molecule has 2 aromatic rings. The average Bonchev–Trinajstić information content (AvgIpc) is 2.49. The fraction of sp³-hybridized carbons (Fsp3) is 0.278. The number of para-hydroxylation sites is 1. The summed E-state index contributed by atoms with van der Waals surface area (Å²) in [7, 11) is 3.55. The van der Waals surface area contributed by atoms with Crippen LogP contribution in [0.5, 0.6) is 0 Å². The van der Waals surface area contributed by atoms with E-state index in [1.807, 2.05) is 43.3 Å². The van der Waals surface area contributed by atoms with Gasteiger partial charge in [-0.25, -0.2) is 0 Å². The second-order valence-corrected chi connectivity index (χ2v) is 5.42. The Balaban J connectivity index is 2.15. The topological polar surface area (TPSA) is 32.3 Å². The van der Waals surface area contributed by atoms with Crippen molar-refractivity contribution in [3.63, 3.8) is 0 Å². The number of carbonyl (C=O) groups is 1. The van der Waals surface area contributed by atoms with Crippen molar-refractivity contribution in [1.29, 1.82) is 0 Å². The molecule has 1 unspecified atom stereocenters. The number of hydrogen-bond donors (Lipinski definition) is 1. The maximum atomic E-state index is 12.0.